The van der Waals surface area contributed by atoms with Crippen LogP contribution in [0.4, 0.5) is 8.78 Å². The number of Topliss-reactive ketones (excluding diaryl/α,β-unsaturated/α-hetero) is 2. The van der Waals surface area contributed by atoms with Gasteiger partial charge < -0.3 is 10.4 Å². The van der Waals surface area contributed by atoms with Gasteiger partial charge in [0.25, 0.3) is 0 Å². The highest BCUT2D eigenvalue weighted by atomic mass is 19.1. The van der Waals surface area contributed by atoms with Crippen molar-refractivity contribution in [3.63, 3.8) is 0 Å². The first-order valence-electron chi connectivity index (χ1n) is 7.44. The van der Waals surface area contributed by atoms with E-state index in [0.717, 1.165) is 24.3 Å². The highest BCUT2D eigenvalue weighted by Gasteiger charge is 2.21. The molecule has 2 aromatic rings. The summed E-state index contributed by atoms with van der Waals surface area (Å²) in [6.07, 6.45) is -1.02. The van der Waals surface area contributed by atoms with Crippen molar-refractivity contribution in [1.29, 1.82) is 0 Å². The van der Waals surface area contributed by atoms with Crippen molar-refractivity contribution in [2.24, 2.45) is 10.3 Å². The van der Waals surface area contributed by atoms with Gasteiger partial charge in [0.15, 0.2) is 0 Å². The maximum atomic E-state index is 12.9. The molecule has 0 amide bonds. The number of halogens is 2. The first-order chi connectivity index (χ1) is 12.4. The normalized spacial score (nSPS) is 12.1. The molecule has 2 N–H and O–H groups in total. The fourth-order valence-electron chi connectivity index (χ4n) is 2.18. The maximum Gasteiger partial charge on any atom is 0.204 e. The first-order valence-corrected chi connectivity index (χ1v) is 7.44. The molecule has 2 rings (SSSR count). The fourth-order valence-corrected chi connectivity index (χ4v) is 2.18. The zero-order valence-electron chi connectivity index (χ0n) is 13.4. The average molecular weight is 360 g/mol. The Balaban J connectivity index is 2.07. The number of ketones is 2. The van der Waals surface area contributed by atoms with E-state index in [1.165, 1.54) is 24.3 Å². The standard InChI is InChI=1S/C18H14F2N2O4/c19-13-5-1-11(2-6-13)15(21-25)9-17(23)18(24)10-16(22-26)12-3-7-14(20)8-4-12/h1-8,25-26H,9-10H2/b21-15-,22-16?. The van der Waals surface area contributed by atoms with Gasteiger partial charge in [-0.1, -0.05) is 34.6 Å². The van der Waals surface area contributed by atoms with Gasteiger partial charge in [-0.3, -0.25) is 9.59 Å². The molecule has 0 aliphatic rings. The molecule has 0 aliphatic heterocycles. The van der Waals surface area contributed by atoms with E-state index in [1.807, 2.05) is 0 Å². The SMILES string of the molecule is O=C(CC(=NO)c1ccc(F)cc1)C(=O)C/C(=N/O)c1ccc(F)cc1. The molecule has 2 aromatic carbocycles. The molecular formula is C18H14F2N2O4. The van der Waals surface area contributed by atoms with Crippen LogP contribution in [0.1, 0.15) is 24.0 Å². The van der Waals surface area contributed by atoms with E-state index in [-0.39, 0.29) is 22.6 Å². The summed E-state index contributed by atoms with van der Waals surface area (Å²) in [6, 6.07) is 9.72. The second-order valence-electron chi connectivity index (χ2n) is 5.31. The van der Waals surface area contributed by atoms with Crippen LogP contribution in [0.2, 0.25) is 0 Å². The lowest BCUT2D eigenvalue weighted by molar-refractivity contribution is -0.135. The smallest absolute Gasteiger partial charge is 0.204 e. The quantitative estimate of drug-likeness (QED) is 0.343. The van der Waals surface area contributed by atoms with Crippen LogP contribution >= 0.6 is 0 Å². The van der Waals surface area contributed by atoms with Crippen LogP contribution in [0.15, 0.2) is 58.8 Å². The molecular weight excluding hydrogens is 346 g/mol. The van der Waals surface area contributed by atoms with Crippen LogP contribution in [0, 0.1) is 11.6 Å². The lowest BCUT2D eigenvalue weighted by Gasteiger charge is -2.06. The maximum absolute atomic E-state index is 12.9. The Labute approximate surface area is 147 Å². The summed E-state index contributed by atoms with van der Waals surface area (Å²) in [4.78, 5) is 24.2. The Morgan fingerprint density at radius 1 is 0.692 bits per heavy atom. The molecule has 0 spiro atoms. The molecule has 0 heterocycles. The molecule has 0 fully saturated rings. The average Bonchev–Trinajstić information content (AvgIpc) is 2.65. The molecule has 0 radical (unpaired) electrons. The Kier molecular flexibility index (Phi) is 6.26. The molecule has 0 atom stereocenters. The number of carbonyl (C=O) groups is 2. The van der Waals surface area contributed by atoms with Crippen LogP contribution in [-0.4, -0.2) is 33.4 Å². The van der Waals surface area contributed by atoms with Crippen LogP contribution < -0.4 is 0 Å². The second kappa shape index (κ2) is 8.61. The number of carbonyl (C=O) groups excluding carboxylic acids is 2. The topological polar surface area (TPSA) is 99.3 Å². The minimum atomic E-state index is -0.884. The highest BCUT2D eigenvalue weighted by molar-refractivity contribution is 6.44. The van der Waals surface area contributed by atoms with E-state index in [9.17, 15) is 18.4 Å². The molecule has 6 nitrogen and oxygen atoms in total. The molecule has 0 unspecified atom stereocenters. The number of rotatable bonds is 7. The van der Waals surface area contributed by atoms with Gasteiger partial charge in [-0.05, 0) is 35.4 Å². The third kappa shape index (κ3) is 4.79. The molecule has 26 heavy (non-hydrogen) atoms. The van der Waals surface area contributed by atoms with E-state index in [0.29, 0.717) is 0 Å². The Morgan fingerprint density at radius 2 is 1.00 bits per heavy atom. The second-order valence-corrected chi connectivity index (χ2v) is 5.31. The lowest BCUT2D eigenvalue weighted by Crippen LogP contribution is -2.22. The van der Waals surface area contributed by atoms with Crippen molar-refractivity contribution in [3.8, 4) is 0 Å². The fraction of sp³-hybridized carbons (Fsp3) is 0.111. The highest BCUT2D eigenvalue weighted by Crippen LogP contribution is 2.11. The van der Waals surface area contributed by atoms with Crippen LogP contribution in [0.25, 0.3) is 0 Å². The summed E-state index contributed by atoms with van der Waals surface area (Å²) < 4.78 is 25.9. The summed E-state index contributed by atoms with van der Waals surface area (Å²) in [5, 5.41) is 24.0. The van der Waals surface area contributed by atoms with Crippen molar-refractivity contribution in [3.05, 3.63) is 71.3 Å². The summed E-state index contributed by atoms with van der Waals surface area (Å²) in [6.45, 7) is 0. The number of hydrogen-bond acceptors (Lipinski definition) is 6. The summed E-state index contributed by atoms with van der Waals surface area (Å²) in [5.41, 5.74) is 0.356. The van der Waals surface area contributed by atoms with Crippen molar-refractivity contribution in [2.75, 3.05) is 0 Å². The number of oxime groups is 2. The molecule has 8 heteroatoms. The van der Waals surface area contributed by atoms with Gasteiger partial charge in [0.2, 0.25) is 11.6 Å². The van der Waals surface area contributed by atoms with Gasteiger partial charge in [0, 0.05) is 0 Å². The number of nitrogens with zero attached hydrogens (tertiary/aromatic N) is 2. The van der Waals surface area contributed by atoms with Crippen LogP contribution in [0.3, 0.4) is 0 Å². The first kappa shape index (κ1) is 18.9. The van der Waals surface area contributed by atoms with Gasteiger partial charge in [-0.2, -0.15) is 0 Å². The third-order valence-corrected chi connectivity index (χ3v) is 3.56. The third-order valence-electron chi connectivity index (χ3n) is 3.56. The molecule has 0 saturated carbocycles. The van der Waals surface area contributed by atoms with E-state index in [4.69, 9.17) is 10.4 Å². The van der Waals surface area contributed by atoms with Gasteiger partial charge in [-0.25, -0.2) is 8.78 Å². The monoisotopic (exact) mass is 360 g/mol. The van der Waals surface area contributed by atoms with Crippen LogP contribution in [-0.2, 0) is 9.59 Å². The molecule has 0 saturated heterocycles. The number of benzene rings is 2. The molecule has 0 aromatic heterocycles. The predicted molar refractivity (Wildman–Crippen MR) is 88.7 cm³/mol. The molecule has 134 valence electrons. The predicted octanol–water partition coefficient (Wildman–Crippen LogP) is 2.94. The van der Waals surface area contributed by atoms with Gasteiger partial charge in [0.1, 0.15) is 11.6 Å². The molecule has 0 bridgehead atoms. The van der Waals surface area contributed by atoms with Gasteiger partial charge in [-0.15, -0.1) is 0 Å². The summed E-state index contributed by atoms with van der Waals surface area (Å²) >= 11 is 0. The van der Waals surface area contributed by atoms with E-state index >= 15 is 0 Å². The Morgan fingerprint density at radius 3 is 1.27 bits per heavy atom. The van der Waals surface area contributed by atoms with Gasteiger partial charge in [0.05, 0.1) is 24.3 Å². The zero-order valence-corrected chi connectivity index (χ0v) is 13.4. The van der Waals surface area contributed by atoms with Crippen molar-refractivity contribution in [2.45, 2.75) is 12.8 Å². The van der Waals surface area contributed by atoms with E-state index < -0.39 is 36.0 Å². The van der Waals surface area contributed by atoms with Gasteiger partial charge >= 0.3 is 0 Å². The zero-order chi connectivity index (χ0) is 19.1. The van der Waals surface area contributed by atoms with Crippen molar-refractivity contribution >= 4 is 23.0 Å². The van der Waals surface area contributed by atoms with Crippen molar-refractivity contribution < 1.29 is 28.8 Å². The van der Waals surface area contributed by atoms with E-state index in [1.54, 1.807) is 0 Å². The lowest BCUT2D eigenvalue weighted by atomic mass is 9.98. The minimum absolute atomic E-state index is 0.104. The summed E-state index contributed by atoms with van der Waals surface area (Å²) in [7, 11) is 0. The van der Waals surface area contributed by atoms with E-state index in [2.05, 4.69) is 10.3 Å². The molecule has 0 aliphatic carbocycles. The van der Waals surface area contributed by atoms with Crippen molar-refractivity contribution in [1.82, 2.24) is 0 Å². The number of hydrogen-bond donors (Lipinski definition) is 2. The Bertz CT molecular complexity index is 786. The Hall–Kier alpha value is -3.42. The largest absolute Gasteiger partial charge is 0.411 e. The van der Waals surface area contributed by atoms with Crippen LogP contribution in [0.5, 0.6) is 0 Å². The summed E-state index contributed by atoms with van der Waals surface area (Å²) in [5.74, 6) is -2.77. The minimum Gasteiger partial charge on any atom is -0.411 e.